The zero-order valence-electron chi connectivity index (χ0n) is 11.5. The van der Waals surface area contributed by atoms with Crippen molar-refractivity contribution < 1.29 is 9.59 Å². The van der Waals surface area contributed by atoms with E-state index < -0.39 is 0 Å². The van der Waals surface area contributed by atoms with E-state index in [4.69, 9.17) is 0 Å². The summed E-state index contributed by atoms with van der Waals surface area (Å²) in [6, 6.07) is 0.0351. The minimum absolute atomic E-state index is 0.0246. The first-order valence-corrected chi connectivity index (χ1v) is 7.50. The predicted molar refractivity (Wildman–Crippen MR) is 71.4 cm³/mol. The lowest BCUT2D eigenvalue weighted by Gasteiger charge is -2.40. The molecule has 0 aromatic heterocycles. The second-order valence-corrected chi connectivity index (χ2v) is 6.14. The molecular weight excluding hydrogens is 242 g/mol. The van der Waals surface area contributed by atoms with Gasteiger partial charge in [0.2, 0.25) is 11.8 Å². The van der Waals surface area contributed by atoms with Gasteiger partial charge in [0.05, 0.1) is 18.0 Å². The average molecular weight is 265 g/mol. The Balaban J connectivity index is 1.73. The SMILES string of the molecule is CC1CCCNC1C(=O)N1CCCC2C(=O)NCC21. The molecule has 3 fully saturated rings. The molecule has 4 unspecified atom stereocenters. The lowest BCUT2D eigenvalue weighted by molar-refractivity contribution is -0.140. The molecule has 2 N–H and O–H groups in total. The number of nitrogens with zero attached hydrogens (tertiary/aromatic N) is 1. The van der Waals surface area contributed by atoms with Crippen LogP contribution in [0.15, 0.2) is 0 Å². The third-order valence-electron chi connectivity index (χ3n) is 4.92. The van der Waals surface area contributed by atoms with E-state index in [1.165, 1.54) is 0 Å². The summed E-state index contributed by atoms with van der Waals surface area (Å²) in [5.41, 5.74) is 0. The number of hydrogen-bond acceptors (Lipinski definition) is 3. The van der Waals surface area contributed by atoms with Crippen LogP contribution in [0.4, 0.5) is 0 Å². The van der Waals surface area contributed by atoms with Crippen LogP contribution in [0.25, 0.3) is 0 Å². The van der Waals surface area contributed by atoms with Crippen molar-refractivity contribution in [2.24, 2.45) is 11.8 Å². The number of nitrogens with one attached hydrogen (secondary N) is 2. The molecule has 5 nitrogen and oxygen atoms in total. The third-order valence-corrected chi connectivity index (χ3v) is 4.92. The molecule has 106 valence electrons. The van der Waals surface area contributed by atoms with Crippen LogP contribution >= 0.6 is 0 Å². The molecule has 3 saturated heterocycles. The van der Waals surface area contributed by atoms with Crippen molar-refractivity contribution in [3.63, 3.8) is 0 Å². The van der Waals surface area contributed by atoms with E-state index in [1.807, 2.05) is 4.90 Å². The molecule has 0 radical (unpaired) electrons. The quantitative estimate of drug-likeness (QED) is 0.707. The molecule has 0 saturated carbocycles. The van der Waals surface area contributed by atoms with Gasteiger partial charge in [-0.3, -0.25) is 9.59 Å². The van der Waals surface area contributed by atoms with E-state index in [0.717, 1.165) is 38.8 Å². The summed E-state index contributed by atoms with van der Waals surface area (Å²) in [4.78, 5) is 26.5. The molecule has 0 aromatic rings. The Labute approximate surface area is 114 Å². The summed E-state index contributed by atoms with van der Waals surface area (Å²) < 4.78 is 0. The standard InChI is InChI=1S/C14H23N3O2/c1-9-4-2-6-15-12(9)14(19)17-7-3-5-10-11(17)8-16-13(10)18/h9-12,15H,2-8H2,1H3,(H,16,18). The fraction of sp³-hybridized carbons (Fsp3) is 0.857. The van der Waals surface area contributed by atoms with Crippen molar-refractivity contribution in [3.05, 3.63) is 0 Å². The number of amides is 2. The van der Waals surface area contributed by atoms with Crippen LogP contribution in [0.1, 0.15) is 32.6 Å². The summed E-state index contributed by atoms with van der Waals surface area (Å²) in [6.45, 7) is 4.52. The Hall–Kier alpha value is -1.10. The van der Waals surface area contributed by atoms with E-state index in [2.05, 4.69) is 17.6 Å². The zero-order valence-corrected chi connectivity index (χ0v) is 11.5. The van der Waals surface area contributed by atoms with Crippen LogP contribution in [-0.2, 0) is 9.59 Å². The minimum Gasteiger partial charge on any atom is -0.354 e. The maximum Gasteiger partial charge on any atom is 0.240 e. The minimum atomic E-state index is -0.0526. The van der Waals surface area contributed by atoms with E-state index in [-0.39, 0.29) is 29.8 Å². The first-order valence-electron chi connectivity index (χ1n) is 7.50. The lowest BCUT2D eigenvalue weighted by atomic mass is 9.87. The van der Waals surface area contributed by atoms with Gasteiger partial charge < -0.3 is 15.5 Å². The Morgan fingerprint density at radius 1 is 1.32 bits per heavy atom. The highest BCUT2D eigenvalue weighted by Gasteiger charge is 2.44. The molecule has 0 spiro atoms. The van der Waals surface area contributed by atoms with Gasteiger partial charge in [-0.15, -0.1) is 0 Å². The third kappa shape index (κ3) is 2.24. The van der Waals surface area contributed by atoms with Gasteiger partial charge in [-0.05, 0) is 38.1 Å². The van der Waals surface area contributed by atoms with Gasteiger partial charge in [0.1, 0.15) is 0 Å². The number of rotatable bonds is 1. The highest BCUT2D eigenvalue weighted by atomic mass is 16.2. The second kappa shape index (κ2) is 5.12. The molecule has 3 rings (SSSR count). The van der Waals surface area contributed by atoms with Gasteiger partial charge in [-0.1, -0.05) is 6.92 Å². The van der Waals surface area contributed by atoms with Gasteiger partial charge in [0.15, 0.2) is 0 Å². The van der Waals surface area contributed by atoms with Crippen LogP contribution in [0.2, 0.25) is 0 Å². The number of hydrogen-bond donors (Lipinski definition) is 2. The normalized spacial score (nSPS) is 38.8. The Kier molecular flexibility index (Phi) is 3.48. The molecular formula is C14H23N3O2. The van der Waals surface area contributed by atoms with Gasteiger partial charge in [-0.2, -0.15) is 0 Å². The summed E-state index contributed by atoms with van der Waals surface area (Å²) in [6.07, 6.45) is 4.13. The fourth-order valence-electron chi connectivity index (χ4n) is 3.78. The maximum atomic E-state index is 12.7. The number of likely N-dealkylation sites (tertiary alicyclic amines) is 1. The van der Waals surface area contributed by atoms with E-state index in [0.29, 0.717) is 12.5 Å². The number of carbonyl (C=O) groups excluding carboxylic acids is 2. The van der Waals surface area contributed by atoms with Crippen molar-refractivity contribution in [1.82, 2.24) is 15.5 Å². The molecule has 3 aliphatic rings. The van der Waals surface area contributed by atoms with Crippen LogP contribution < -0.4 is 10.6 Å². The number of carbonyl (C=O) groups is 2. The predicted octanol–water partition coefficient (Wildman–Crippen LogP) is 0.112. The van der Waals surface area contributed by atoms with Crippen LogP contribution in [0, 0.1) is 11.8 Å². The van der Waals surface area contributed by atoms with Crippen molar-refractivity contribution in [2.45, 2.75) is 44.7 Å². The molecule has 3 heterocycles. The van der Waals surface area contributed by atoms with Gasteiger partial charge in [0.25, 0.3) is 0 Å². The van der Waals surface area contributed by atoms with Gasteiger partial charge in [0, 0.05) is 13.1 Å². The van der Waals surface area contributed by atoms with Crippen molar-refractivity contribution in [1.29, 1.82) is 0 Å². The number of fused-ring (bicyclic) bond motifs is 1. The molecule has 3 aliphatic heterocycles. The highest BCUT2D eigenvalue weighted by molar-refractivity contribution is 5.86. The Bertz CT molecular complexity index is 385. The average Bonchev–Trinajstić information content (AvgIpc) is 2.80. The monoisotopic (exact) mass is 265 g/mol. The summed E-state index contributed by atoms with van der Waals surface area (Å²) >= 11 is 0. The van der Waals surface area contributed by atoms with Crippen molar-refractivity contribution in [2.75, 3.05) is 19.6 Å². The molecule has 0 bridgehead atoms. The lowest BCUT2D eigenvalue weighted by Crippen LogP contribution is -2.58. The van der Waals surface area contributed by atoms with Crippen LogP contribution in [0.3, 0.4) is 0 Å². The Morgan fingerprint density at radius 2 is 2.16 bits per heavy atom. The largest absolute Gasteiger partial charge is 0.354 e. The van der Waals surface area contributed by atoms with E-state index in [1.54, 1.807) is 0 Å². The molecule has 4 atom stereocenters. The summed E-state index contributed by atoms with van der Waals surface area (Å²) in [5, 5.41) is 6.27. The van der Waals surface area contributed by atoms with Crippen LogP contribution in [-0.4, -0.2) is 48.4 Å². The smallest absolute Gasteiger partial charge is 0.240 e. The maximum absolute atomic E-state index is 12.7. The molecule has 19 heavy (non-hydrogen) atoms. The fourth-order valence-corrected chi connectivity index (χ4v) is 3.78. The second-order valence-electron chi connectivity index (χ2n) is 6.14. The van der Waals surface area contributed by atoms with Crippen molar-refractivity contribution >= 4 is 11.8 Å². The molecule has 2 amide bonds. The molecule has 0 aromatic carbocycles. The van der Waals surface area contributed by atoms with Crippen molar-refractivity contribution in [3.8, 4) is 0 Å². The summed E-state index contributed by atoms with van der Waals surface area (Å²) in [7, 11) is 0. The molecule has 0 aliphatic carbocycles. The summed E-state index contributed by atoms with van der Waals surface area (Å²) in [5.74, 6) is 0.758. The van der Waals surface area contributed by atoms with E-state index >= 15 is 0 Å². The van der Waals surface area contributed by atoms with Gasteiger partial charge in [-0.25, -0.2) is 0 Å². The molecule has 5 heteroatoms. The zero-order chi connectivity index (χ0) is 13.4. The topological polar surface area (TPSA) is 61.4 Å². The van der Waals surface area contributed by atoms with Gasteiger partial charge >= 0.3 is 0 Å². The first kappa shape index (κ1) is 12.9. The Morgan fingerprint density at radius 3 is 2.95 bits per heavy atom. The first-order chi connectivity index (χ1) is 9.18. The van der Waals surface area contributed by atoms with Crippen LogP contribution in [0.5, 0.6) is 0 Å². The highest BCUT2D eigenvalue weighted by Crippen LogP contribution is 2.29. The van der Waals surface area contributed by atoms with E-state index in [9.17, 15) is 9.59 Å². The number of piperidine rings is 2.